The van der Waals surface area contributed by atoms with Crippen molar-refractivity contribution in [3.05, 3.63) is 71.3 Å². The molecule has 1 heterocycles. The summed E-state index contributed by atoms with van der Waals surface area (Å²) in [6, 6.07) is 15.5. The zero-order chi connectivity index (χ0) is 24.9. The Hall–Kier alpha value is -3.61. The summed E-state index contributed by atoms with van der Waals surface area (Å²) in [5.74, 6) is -1.18. The van der Waals surface area contributed by atoms with Crippen LogP contribution in [0.4, 0.5) is 4.79 Å². The van der Waals surface area contributed by atoms with E-state index >= 15 is 0 Å². The number of aliphatic carboxylic acids is 1. The van der Waals surface area contributed by atoms with Crippen molar-refractivity contribution in [2.45, 2.75) is 45.1 Å². The number of ether oxygens (including phenoxy) is 1. The molecule has 35 heavy (non-hydrogen) atoms. The Kier molecular flexibility index (Phi) is 7.54. The van der Waals surface area contributed by atoms with Gasteiger partial charge in [0.2, 0.25) is 5.91 Å². The van der Waals surface area contributed by atoms with E-state index in [1.165, 1.54) is 0 Å². The van der Waals surface area contributed by atoms with E-state index in [-0.39, 0.29) is 30.8 Å². The lowest BCUT2D eigenvalue weighted by atomic mass is 9.98. The molecule has 184 valence electrons. The minimum absolute atomic E-state index is 0.0439. The molecule has 2 amide bonds. The number of hydrogen-bond acceptors (Lipinski definition) is 4. The molecule has 4 rings (SSSR count). The summed E-state index contributed by atoms with van der Waals surface area (Å²) >= 11 is 0. The number of carbonyl (C=O) groups excluding carboxylic acids is 2. The number of carboxylic acid groups (broad SMARTS) is 1. The first-order valence-electron chi connectivity index (χ1n) is 12.1. The van der Waals surface area contributed by atoms with E-state index in [0.29, 0.717) is 25.9 Å². The second-order valence-electron chi connectivity index (χ2n) is 9.58. The Balaban J connectivity index is 1.41. The third-order valence-electron chi connectivity index (χ3n) is 6.76. The number of carboxylic acids is 1. The minimum Gasteiger partial charge on any atom is -0.481 e. The summed E-state index contributed by atoms with van der Waals surface area (Å²) in [6.45, 7) is 4.94. The molecule has 2 aromatic carbocycles. The molecule has 7 heteroatoms. The van der Waals surface area contributed by atoms with Crippen LogP contribution in [-0.4, -0.2) is 53.7 Å². The van der Waals surface area contributed by atoms with Crippen molar-refractivity contribution in [3.8, 4) is 11.1 Å². The van der Waals surface area contributed by atoms with E-state index in [2.05, 4.69) is 29.6 Å². The standard InChI is InChI=1S/C28H32N2O5/c1-18(2)11-12-25(27(33)30-14-13-19(16-30)15-26(31)32)29-28(34)35-17-24-22-9-5-3-7-20(22)21-8-4-6-10-23(21)24/h3-11,19,24-25H,12-17H2,1-2H3,(H,29,34)(H,31,32). The van der Waals surface area contributed by atoms with Crippen molar-refractivity contribution in [2.24, 2.45) is 5.92 Å². The van der Waals surface area contributed by atoms with Gasteiger partial charge in [-0.05, 0) is 54.9 Å². The fourth-order valence-corrected chi connectivity index (χ4v) is 5.02. The highest BCUT2D eigenvalue weighted by molar-refractivity contribution is 5.86. The van der Waals surface area contributed by atoms with Crippen molar-refractivity contribution in [2.75, 3.05) is 19.7 Å². The number of allylic oxidation sites excluding steroid dienone is 1. The lowest BCUT2D eigenvalue weighted by Gasteiger charge is -2.24. The van der Waals surface area contributed by atoms with E-state index in [4.69, 9.17) is 9.84 Å². The molecule has 2 aliphatic rings. The second-order valence-corrected chi connectivity index (χ2v) is 9.58. The van der Waals surface area contributed by atoms with Crippen LogP contribution in [0.1, 0.15) is 50.2 Å². The van der Waals surface area contributed by atoms with Crippen LogP contribution in [0, 0.1) is 5.92 Å². The number of likely N-dealkylation sites (tertiary alicyclic amines) is 1. The monoisotopic (exact) mass is 476 g/mol. The number of rotatable bonds is 8. The molecule has 1 saturated heterocycles. The summed E-state index contributed by atoms with van der Waals surface area (Å²) in [7, 11) is 0. The molecule has 2 aromatic rings. The smallest absolute Gasteiger partial charge is 0.407 e. The molecule has 0 bridgehead atoms. The Morgan fingerprint density at radius 2 is 1.71 bits per heavy atom. The first-order valence-corrected chi connectivity index (χ1v) is 12.1. The van der Waals surface area contributed by atoms with E-state index < -0.39 is 18.1 Å². The van der Waals surface area contributed by atoms with Gasteiger partial charge in [0, 0.05) is 25.4 Å². The molecule has 0 radical (unpaired) electrons. The lowest BCUT2D eigenvalue weighted by Crippen LogP contribution is -2.48. The summed E-state index contributed by atoms with van der Waals surface area (Å²) in [5.41, 5.74) is 5.60. The number of amides is 2. The van der Waals surface area contributed by atoms with Gasteiger partial charge in [0.05, 0.1) is 0 Å². The molecule has 1 aliphatic heterocycles. The number of benzene rings is 2. The maximum Gasteiger partial charge on any atom is 0.407 e. The van der Waals surface area contributed by atoms with Crippen molar-refractivity contribution in [3.63, 3.8) is 0 Å². The van der Waals surface area contributed by atoms with Gasteiger partial charge < -0.3 is 20.1 Å². The van der Waals surface area contributed by atoms with Gasteiger partial charge in [0.15, 0.2) is 0 Å². The molecule has 0 saturated carbocycles. The quantitative estimate of drug-likeness (QED) is 0.544. The molecular weight excluding hydrogens is 444 g/mol. The predicted molar refractivity (Wildman–Crippen MR) is 133 cm³/mol. The Labute approximate surface area is 205 Å². The van der Waals surface area contributed by atoms with E-state index in [1.807, 2.05) is 44.2 Å². The third-order valence-corrected chi connectivity index (χ3v) is 6.76. The van der Waals surface area contributed by atoms with Gasteiger partial charge in [0.25, 0.3) is 0 Å². The number of alkyl carbamates (subject to hydrolysis) is 1. The van der Waals surface area contributed by atoms with Crippen LogP contribution in [0.15, 0.2) is 60.2 Å². The van der Waals surface area contributed by atoms with Crippen LogP contribution in [0.25, 0.3) is 11.1 Å². The fraction of sp³-hybridized carbons (Fsp3) is 0.393. The first kappa shape index (κ1) is 24.5. The Morgan fingerprint density at radius 1 is 1.09 bits per heavy atom. The molecule has 7 nitrogen and oxygen atoms in total. The molecule has 2 atom stereocenters. The average Bonchev–Trinajstić information content (AvgIpc) is 3.42. The molecule has 1 aliphatic carbocycles. The van der Waals surface area contributed by atoms with Gasteiger partial charge >= 0.3 is 12.1 Å². The molecule has 0 spiro atoms. The first-order chi connectivity index (χ1) is 16.8. The Morgan fingerprint density at radius 3 is 2.31 bits per heavy atom. The van der Waals surface area contributed by atoms with Crippen LogP contribution in [0.2, 0.25) is 0 Å². The molecule has 1 fully saturated rings. The number of nitrogens with one attached hydrogen (secondary N) is 1. The van der Waals surface area contributed by atoms with E-state index in [9.17, 15) is 14.4 Å². The average molecular weight is 477 g/mol. The number of nitrogens with zero attached hydrogens (tertiary/aromatic N) is 1. The number of fused-ring (bicyclic) bond motifs is 3. The van der Waals surface area contributed by atoms with Crippen LogP contribution in [0.5, 0.6) is 0 Å². The number of hydrogen-bond donors (Lipinski definition) is 2. The van der Waals surface area contributed by atoms with Gasteiger partial charge in [-0.25, -0.2) is 4.79 Å². The van der Waals surface area contributed by atoms with Gasteiger partial charge in [-0.15, -0.1) is 0 Å². The topological polar surface area (TPSA) is 95.9 Å². The van der Waals surface area contributed by atoms with Crippen LogP contribution in [-0.2, 0) is 14.3 Å². The third kappa shape index (κ3) is 5.73. The largest absolute Gasteiger partial charge is 0.481 e. The maximum absolute atomic E-state index is 13.2. The van der Waals surface area contributed by atoms with Gasteiger partial charge in [0.1, 0.15) is 12.6 Å². The van der Waals surface area contributed by atoms with E-state index in [1.54, 1.807) is 4.90 Å². The molecule has 2 N–H and O–H groups in total. The molecular formula is C28H32N2O5. The minimum atomic E-state index is -0.859. The van der Waals surface area contributed by atoms with E-state index in [0.717, 1.165) is 27.8 Å². The van der Waals surface area contributed by atoms with Crippen molar-refractivity contribution >= 4 is 18.0 Å². The van der Waals surface area contributed by atoms with Crippen LogP contribution < -0.4 is 5.32 Å². The highest BCUT2D eigenvalue weighted by atomic mass is 16.5. The van der Waals surface area contributed by atoms with Crippen molar-refractivity contribution < 1.29 is 24.2 Å². The van der Waals surface area contributed by atoms with Gasteiger partial charge in [-0.2, -0.15) is 0 Å². The maximum atomic E-state index is 13.2. The lowest BCUT2D eigenvalue weighted by molar-refractivity contribution is -0.138. The zero-order valence-corrected chi connectivity index (χ0v) is 20.2. The Bertz CT molecular complexity index is 1090. The van der Waals surface area contributed by atoms with Crippen molar-refractivity contribution in [1.82, 2.24) is 10.2 Å². The molecule has 0 aromatic heterocycles. The summed E-state index contributed by atoms with van der Waals surface area (Å²) in [6.07, 6.45) is 2.33. The summed E-state index contributed by atoms with van der Waals surface area (Å²) in [4.78, 5) is 38.7. The SMILES string of the molecule is CC(C)=CCC(NC(=O)OCC1c2ccccc2-c2ccccc21)C(=O)N1CCC(CC(=O)O)C1. The summed E-state index contributed by atoms with van der Waals surface area (Å²) < 4.78 is 5.64. The highest BCUT2D eigenvalue weighted by Gasteiger charge is 2.33. The van der Waals surface area contributed by atoms with Crippen LogP contribution in [0.3, 0.4) is 0 Å². The summed E-state index contributed by atoms with van der Waals surface area (Å²) in [5, 5.41) is 11.8. The van der Waals surface area contributed by atoms with Gasteiger partial charge in [-0.3, -0.25) is 9.59 Å². The highest BCUT2D eigenvalue weighted by Crippen LogP contribution is 2.44. The normalized spacial score (nSPS) is 17.3. The fourth-order valence-electron chi connectivity index (χ4n) is 5.02. The zero-order valence-electron chi connectivity index (χ0n) is 20.2. The second kappa shape index (κ2) is 10.8. The number of carbonyl (C=O) groups is 3. The van der Waals surface area contributed by atoms with Crippen LogP contribution >= 0.6 is 0 Å². The van der Waals surface area contributed by atoms with Crippen molar-refractivity contribution in [1.29, 1.82) is 0 Å². The van der Waals surface area contributed by atoms with Gasteiger partial charge in [-0.1, -0.05) is 60.2 Å². The molecule has 2 unspecified atom stereocenters. The predicted octanol–water partition coefficient (Wildman–Crippen LogP) is 4.57.